The van der Waals surface area contributed by atoms with Gasteiger partial charge in [0.1, 0.15) is 5.82 Å². The summed E-state index contributed by atoms with van der Waals surface area (Å²) in [6.45, 7) is 6.35. The van der Waals surface area contributed by atoms with Gasteiger partial charge in [-0.15, -0.1) is 0 Å². The van der Waals surface area contributed by atoms with Crippen LogP contribution in [0.1, 0.15) is 37.9 Å². The Morgan fingerprint density at radius 3 is 2.90 bits per heavy atom. The highest BCUT2D eigenvalue weighted by Gasteiger charge is 2.27. The van der Waals surface area contributed by atoms with Gasteiger partial charge in [0, 0.05) is 25.9 Å². The zero-order valence-electron chi connectivity index (χ0n) is 12.8. The number of methoxy groups -OCH3 is 1. The molecule has 2 rings (SSSR count). The zero-order valence-corrected chi connectivity index (χ0v) is 12.8. The summed E-state index contributed by atoms with van der Waals surface area (Å²) in [6, 6.07) is 4.01. The molecule has 1 N–H and O–H groups in total. The molecule has 1 aliphatic heterocycles. The lowest BCUT2D eigenvalue weighted by molar-refractivity contribution is 0.0496. The van der Waals surface area contributed by atoms with E-state index in [2.05, 4.69) is 18.7 Å². The summed E-state index contributed by atoms with van der Waals surface area (Å²) in [5, 5.41) is 9.42. The number of anilines is 1. The number of aliphatic hydroxyl groups is 1. The Hall–Kier alpha value is -1.13. The lowest BCUT2D eigenvalue weighted by Crippen LogP contribution is -2.44. The fraction of sp³-hybridized carbons (Fsp3) is 0.688. The summed E-state index contributed by atoms with van der Waals surface area (Å²) in [4.78, 5) is 7.03. The third kappa shape index (κ3) is 3.49. The molecule has 4 nitrogen and oxygen atoms in total. The third-order valence-electron chi connectivity index (χ3n) is 4.13. The van der Waals surface area contributed by atoms with E-state index in [0.29, 0.717) is 5.92 Å². The molecule has 0 amide bonds. The first-order valence-electron chi connectivity index (χ1n) is 7.56. The van der Waals surface area contributed by atoms with Crippen molar-refractivity contribution in [2.24, 2.45) is 5.92 Å². The fourth-order valence-corrected chi connectivity index (χ4v) is 2.82. The summed E-state index contributed by atoms with van der Waals surface area (Å²) >= 11 is 0. The molecule has 1 saturated heterocycles. The highest BCUT2D eigenvalue weighted by Crippen LogP contribution is 2.25. The first kappa shape index (κ1) is 15.3. The molecule has 112 valence electrons. The second-order valence-electron chi connectivity index (χ2n) is 5.72. The average Bonchev–Trinajstić information content (AvgIpc) is 2.47. The zero-order chi connectivity index (χ0) is 14.5. The van der Waals surface area contributed by atoms with E-state index in [1.165, 1.54) is 0 Å². The number of pyridine rings is 1. The maximum absolute atomic E-state index is 9.42. The van der Waals surface area contributed by atoms with E-state index in [1.54, 1.807) is 7.11 Å². The number of aromatic nitrogens is 1. The van der Waals surface area contributed by atoms with Crippen molar-refractivity contribution >= 4 is 5.82 Å². The van der Waals surface area contributed by atoms with Gasteiger partial charge < -0.3 is 14.7 Å². The predicted molar refractivity (Wildman–Crippen MR) is 80.9 cm³/mol. The molecule has 1 fully saturated rings. The molecule has 0 radical (unpaired) electrons. The number of hydrogen-bond donors (Lipinski definition) is 1. The summed E-state index contributed by atoms with van der Waals surface area (Å²) in [5.74, 6) is 1.57. The summed E-state index contributed by atoms with van der Waals surface area (Å²) < 4.78 is 5.57. The van der Waals surface area contributed by atoms with Gasteiger partial charge in [0.2, 0.25) is 0 Å². The van der Waals surface area contributed by atoms with Crippen molar-refractivity contribution < 1.29 is 9.84 Å². The minimum atomic E-state index is 0.0736. The van der Waals surface area contributed by atoms with Crippen LogP contribution in [0.5, 0.6) is 0 Å². The van der Waals surface area contributed by atoms with Crippen LogP contribution in [0.3, 0.4) is 0 Å². The van der Waals surface area contributed by atoms with Crippen LogP contribution < -0.4 is 4.90 Å². The van der Waals surface area contributed by atoms with Crippen LogP contribution >= 0.6 is 0 Å². The van der Waals surface area contributed by atoms with Gasteiger partial charge >= 0.3 is 0 Å². The maximum atomic E-state index is 9.42. The molecule has 1 aliphatic rings. The third-order valence-corrected chi connectivity index (χ3v) is 4.13. The van der Waals surface area contributed by atoms with Gasteiger partial charge in [-0.3, -0.25) is 0 Å². The Morgan fingerprint density at radius 1 is 1.45 bits per heavy atom. The van der Waals surface area contributed by atoms with Gasteiger partial charge in [-0.05, 0) is 36.5 Å². The number of rotatable bonds is 5. The average molecular weight is 278 g/mol. The van der Waals surface area contributed by atoms with Crippen molar-refractivity contribution in [1.82, 2.24) is 4.98 Å². The Kier molecular flexibility index (Phi) is 5.38. The monoisotopic (exact) mass is 278 g/mol. The van der Waals surface area contributed by atoms with Gasteiger partial charge in [-0.1, -0.05) is 20.3 Å². The molecule has 1 aromatic heterocycles. The van der Waals surface area contributed by atoms with Gasteiger partial charge in [0.15, 0.2) is 0 Å². The van der Waals surface area contributed by atoms with Crippen molar-refractivity contribution in [3.63, 3.8) is 0 Å². The standard InChI is InChI=1S/C16H26N2O2/c1-4-5-14-8-13(11-19)9-16(17-14)18-7-6-12(2)15(10-18)20-3/h8-9,12,15,19H,4-7,10-11H2,1-3H3. The molecular weight excluding hydrogens is 252 g/mol. The largest absolute Gasteiger partial charge is 0.392 e. The Morgan fingerprint density at radius 2 is 2.25 bits per heavy atom. The van der Waals surface area contributed by atoms with Crippen molar-refractivity contribution in [2.75, 3.05) is 25.1 Å². The Labute approximate surface area is 121 Å². The molecule has 1 aromatic rings. The highest BCUT2D eigenvalue weighted by atomic mass is 16.5. The van der Waals surface area contributed by atoms with Crippen LogP contribution in [-0.2, 0) is 17.8 Å². The predicted octanol–water partition coefficient (Wildman–Crippen LogP) is 2.39. The first-order valence-corrected chi connectivity index (χ1v) is 7.56. The van der Waals surface area contributed by atoms with Gasteiger partial charge in [-0.25, -0.2) is 4.98 Å². The molecule has 20 heavy (non-hydrogen) atoms. The number of aryl methyl sites for hydroxylation is 1. The van der Waals surface area contributed by atoms with Gasteiger partial charge in [0.05, 0.1) is 12.7 Å². The van der Waals surface area contributed by atoms with Crippen molar-refractivity contribution in [3.05, 3.63) is 23.4 Å². The molecule has 0 saturated carbocycles. The van der Waals surface area contributed by atoms with Crippen LogP contribution in [0.25, 0.3) is 0 Å². The molecule has 4 heteroatoms. The highest BCUT2D eigenvalue weighted by molar-refractivity contribution is 5.43. The number of aliphatic hydroxyl groups excluding tert-OH is 1. The van der Waals surface area contributed by atoms with Crippen LogP contribution in [0, 0.1) is 5.92 Å². The maximum Gasteiger partial charge on any atom is 0.129 e. The molecule has 0 bridgehead atoms. The second kappa shape index (κ2) is 7.04. The van der Waals surface area contributed by atoms with Crippen LogP contribution in [0.2, 0.25) is 0 Å². The van der Waals surface area contributed by atoms with E-state index in [0.717, 1.165) is 49.4 Å². The minimum Gasteiger partial charge on any atom is -0.392 e. The van der Waals surface area contributed by atoms with Crippen molar-refractivity contribution in [1.29, 1.82) is 0 Å². The number of hydrogen-bond acceptors (Lipinski definition) is 4. The lowest BCUT2D eigenvalue weighted by atomic mass is 9.96. The summed E-state index contributed by atoms with van der Waals surface area (Å²) in [6.07, 6.45) is 3.41. The molecule has 2 heterocycles. The van der Waals surface area contributed by atoms with Gasteiger partial charge in [0.25, 0.3) is 0 Å². The topological polar surface area (TPSA) is 45.6 Å². The van der Waals surface area contributed by atoms with E-state index in [1.807, 2.05) is 12.1 Å². The van der Waals surface area contributed by atoms with Crippen LogP contribution in [-0.4, -0.2) is 36.4 Å². The van der Waals surface area contributed by atoms with E-state index in [9.17, 15) is 5.11 Å². The van der Waals surface area contributed by atoms with Crippen LogP contribution in [0.4, 0.5) is 5.82 Å². The van der Waals surface area contributed by atoms with E-state index >= 15 is 0 Å². The first-order chi connectivity index (χ1) is 9.67. The Balaban J connectivity index is 2.20. The smallest absolute Gasteiger partial charge is 0.129 e. The molecular formula is C16H26N2O2. The van der Waals surface area contributed by atoms with E-state index in [-0.39, 0.29) is 12.7 Å². The molecule has 0 aromatic carbocycles. The van der Waals surface area contributed by atoms with Gasteiger partial charge in [-0.2, -0.15) is 0 Å². The SMILES string of the molecule is CCCc1cc(CO)cc(N2CCC(C)C(OC)C2)n1. The summed E-state index contributed by atoms with van der Waals surface area (Å²) in [5.41, 5.74) is 2.02. The minimum absolute atomic E-state index is 0.0736. The van der Waals surface area contributed by atoms with Crippen LogP contribution in [0.15, 0.2) is 12.1 Å². The Bertz CT molecular complexity index is 436. The number of piperidine rings is 1. The number of nitrogens with zero attached hydrogens (tertiary/aromatic N) is 2. The van der Waals surface area contributed by atoms with Crippen molar-refractivity contribution in [2.45, 2.75) is 45.8 Å². The lowest BCUT2D eigenvalue weighted by Gasteiger charge is -2.37. The van der Waals surface area contributed by atoms with E-state index < -0.39 is 0 Å². The fourth-order valence-electron chi connectivity index (χ4n) is 2.82. The molecule has 0 aliphatic carbocycles. The second-order valence-corrected chi connectivity index (χ2v) is 5.72. The molecule has 0 spiro atoms. The number of ether oxygens (including phenoxy) is 1. The normalized spacial score (nSPS) is 23.1. The molecule has 2 atom stereocenters. The molecule has 2 unspecified atom stereocenters. The van der Waals surface area contributed by atoms with Crippen molar-refractivity contribution in [3.8, 4) is 0 Å². The quantitative estimate of drug-likeness (QED) is 0.898. The summed E-state index contributed by atoms with van der Waals surface area (Å²) in [7, 11) is 1.78. The van der Waals surface area contributed by atoms with E-state index in [4.69, 9.17) is 9.72 Å².